The lowest BCUT2D eigenvalue weighted by Gasteiger charge is -2.20. The van der Waals surface area contributed by atoms with Gasteiger partial charge in [-0.3, -0.25) is 14.9 Å². The average Bonchev–Trinajstić information content (AvgIpc) is 2.74. The fourth-order valence-electron chi connectivity index (χ4n) is 2.80. The standard InChI is InChI=1S/C20H25N3O6S/c1-4-6-13-22(5-2)30(27,28)17-10-7-15(8-11-17)20(24)21-18-12-9-16(23(25)26)14-19(18)29-3/h7-12,14H,4-6,13H2,1-3H3,(H,21,24). The van der Waals surface area contributed by atoms with Crippen molar-refractivity contribution in [2.45, 2.75) is 31.6 Å². The van der Waals surface area contributed by atoms with Gasteiger partial charge in [-0.25, -0.2) is 8.42 Å². The lowest BCUT2D eigenvalue weighted by atomic mass is 10.2. The van der Waals surface area contributed by atoms with Crippen LogP contribution in [0.4, 0.5) is 11.4 Å². The molecule has 0 heterocycles. The smallest absolute Gasteiger partial charge is 0.273 e. The minimum Gasteiger partial charge on any atom is -0.494 e. The lowest BCUT2D eigenvalue weighted by molar-refractivity contribution is -0.384. The third-order valence-corrected chi connectivity index (χ3v) is 6.50. The third-order valence-electron chi connectivity index (χ3n) is 4.51. The topological polar surface area (TPSA) is 119 Å². The fraction of sp³-hybridized carbons (Fsp3) is 0.350. The largest absolute Gasteiger partial charge is 0.494 e. The monoisotopic (exact) mass is 435 g/mol. The number of carbonyl (C=O) groups excluding carboxylic acids is 1. The molecule has 2 rings (SSSR count). The molecule has 0 spiro atoms. The fourth-order valence-corrected chi connectivity index (χ4v) is 4.29. The molecule has 0 saturated heterocycles. The number of nitrogens with zero attached hydrogens (tertiary/aromatic N) is 2. The van der Waals surface area contributed by atoms with E-state index in [9.17, 15) is 23.3 Å². The summed E-state index contributed by atoms with van der Waals surface area (Å²) in [6.07, 6.45) is 1.65. The number of methoxy groups -OCH3 is 1. The van der Waals surface area contributed by atoms with Crippen molar-refractivity contribution in [2.75, 3.05) is 25.5 Å². The highest BCUT2D eigenvalue weighted by Gasteiger charge is 2.23. The summed E-state index contributed by atoms with van der Waals surface area (Å²) < 4.78 is 32.0. The second kappa shape index (κ2) is 10.2. The molecule has 0 atom stereocenters. The number of sulfonamides is 1. The minimum atomic E-state index is -3.63. The van der Waals surface area contributed by atoms with Gasteiger partial charge in [-0.15, -0.1) is 0 Å². The predicted molar refractivity (Wildman–Crippen MR) is 113 cm³/mol. The molecule has 9 nitrogen and oxygen atoms in total. The number of amides is 1. The Morgan fingerprint density at radius 3 is 2.37 bits per heavy atom. The molecule has 1 N–H and O–H groups in total. The van der Waals surface area contributed by atoms with Gasteiger partial charge in [-0.2, -0.15) is 4.31 Å². The Morgan fingerprint density at radius 2 is 1.83 bits per heavy atom. The first-order valence-corrected chi connectivity index (χ1v) is 10.9. The van der Waals surface area contributed by atoms with Gasteiger partial charge in [0.1, 0.15) is 5.75 Å². The molecule has 0 aliphatic heterocycles. The zero-order valence-electron chi connectivity index (χ0n) is 17.1. The number of ether oxygens (including phenoxy) is 1. The van der Waals surface area contributed by atoms with Crippen molar-refractivity contribution >= 4 is 27.3 Å². The zero-order valence-corrected chi connectivity index (χ0v) is 17.9. The summed E-state index contributed by atoms with van der Waals surface area (Å²) in [4.78, 5) is 23.0. The summed E-state index contributed by atoms with van der Waals surface area (Å²) in [6, 6.07) is 9.48. The van der Waals surface area contributed by atoms with Gasteiger partial charge in [-0.1, -0.05) is 20.3 Å². The van der Waals surface area contributed by atoms with Gasteiger partial charge in [-0.05, 0) is 36.8 Å². The Bertz CT molecular complexity index is 1010. The first-order chi connectivity index (χ1) is 14.2. The number of anilines is 1. The van der Waals surface area contributed by atoms with E-state index in [4.69, 9.17) is 4.74 Å². The first kappa shape index (κ1) is 23.3. The molecule has 0 radical (unpaired) electrons. The van der Waals surface area contributed by atoms with Gasteiger partial charge in [0.05, 0.1) is 28.7 Å². The van der Waals surface area contributed by atoms with Crippen LogP contribution in [0.3, 0.4) is 0 Å². The van der Waals surface area contributed by atoms with Gasteiger partial charge in [0.25, 0.3) is 11.6 Å². The molecule has 1 amide bonds. The molecule has 0 saturated carbocycles. The van der Waals surface area contributed by atoms with Crippen molar-refractivity contribution < 1.29 is 22.9 Å². The minimum absolute atomic E-state index is 0.116. The Labute approximate surface area is 175 Å². The molecule has 0 unspecified atom stereocenters. The number of carbonyl (C=O) groups is 1. The summed E-state index contributed by atoms with van der Waals surface area (Å²) in [6.45, 7) is 4.59. The van der Waals surface area contributed by atoms with Crippen molar-refractivity contribution in [2.24, 2.45) is 0 Å². The molecule has 2 aromatic carbocycles. The van der Waals surface area contributed by atoms with Gasteiger partial charge in [0.2, 0.25) is 10.0 Å². The van der Waals surface area contributed by atoms with Gasteiger partial charge < -0.3 is 10.1 Å². The highest BCUT2D eigenvalue weighted by atomic mass is 32.2. The molecule has 0 bridgehead atoms. The van der Waals surface area contributed by atoms with Crippen LogP contribution in [0.5, 0.6) is 5.75 Å². The molecule has 2 aromatic rings. The van der Waals surface area contributed by atoms with Crippen molar-refractivity contribution in [1.29, 1.82) is 0 Å². The molecule has 162 valence electrons. The summed E-state index contributed by atoms with van der Waals surface area (Å²) in [5, 5.41) is 13.5. The number of non-ortho nitro benzene ring substituents is 1. The van der Waals surface area contributed by atoms with Crippen molar-refractivity contribution in [3.8, 4) is 5.75 Å². The van der Waals surface area contributed by atoms with E-state index < -0.39 is 20.9 Å². The Kier molecular flexibility index (Phi) is 7.90. The van der Waals surface area contributed by atoms with Crippen LogP contribution in [-0.2, 0) is 10.0 Å². The molecule has 0 aliphatic rings. The maximum Gasteiger partial charge on any atom is 0.273 e. The SMILES string of the molecule is CCCCN(CC)S(=O)(=O)c1ccc(C(=O)Nc2ccc([N+](=O)[O-])cc2OC)cc1. The molecular weight excluding hydrogens is 410 g/mol. The number of benzene rings is 2. The Balaban J connectivity index is 2.20. The second-order valence-electron chi connectivity index (χ2n) is 6.47. The molecule has 10 heteroatoms. The summed E-state index contributed by atoms with van der Waals surface area (Å²) in [5.74, 6) is -0.351. The van der Waals surface area contributed by atoms with Crippen molar-refractivity contribution in [1.82, 2.24) is 4.31 Å². The van der Waals surface area contributed by atoms with E-state index in [1.165, 1.54) is 53.9 Å². The Hall–Kier alpha value is -2.98. The molecule has 0 fully saturated rings. The number of unbranched alkanes of at least 4 members (excludes halogenated alkanes) is 1. The van der Waals surface area contributed by atoms with Crippen LogP contribution in [0, 0.1) is 10.1 Å². The molecular formula is C20H25N3O6S. The van der Waals surface area contributed by atoms with Crippen LogP contribution >= 0.6 is 0 Å². The predicted octanol–water partition coefficient (Wildman–Crippen LogP) is 3.67. The van der Waals surface area contributed by atoms with Gasteiger partial charge >= 0.3 is 0 Å². The second-order valence-corrected chi connectivity index (χ2v) is 8.41. The highest BCUT2D eigenvalue weighted by molar-refractivity contribution is 7.89. The van der Waals surface area contributed by atoms with E-state index in [2.05, 4.69) is 5.32 Å². The summed E-state index contributed by atoms with van der Waals surface area (Å²) >= 11 is 0. The van der Waals surface area contributed by atoms with E-state index in [1.54, 1.807) is 6.92 Å². The maximum atomic E-state index is 12.8. The van der Waals surface area contributed by atoms with Crippen LogP contribution in [0.15, 0.2) is 47.4 Å². The van der Waals surface area contributed by atoms with Gasteiger partial charge in [0.15, 0.2) is 0 Å². The average molecular weight is 436 g/mol. The quantitative estimate of drug-likeness (QED) is 0.449. The van der Waals surface area contributed by atoms with Crippen LogP contribution in [0.1, 0.15) is 37.0 Å². The van der Waals surface area contributed by atoms with Crippen LogP contribution in [0.25, 0.3) is 0 Å². The highest BCUT2D eigenvalue weighted by Crippen LogP contribution is 2.29. The van der Waals surface area contributed by atoms with E-state index in [0.29, 0.717) is 13.1 Å². The number of nitrogens with one attached hydrogen (secondary N) is 1. The van der Waals surface area contributed by atoms with Crippen molar-refractivity contribution in [3.63, 3.8) is 0 Å². The summed E-state index contributed by atoms with van der Waals surface area (Å²) in [7, 11) is -2.29. The number of rotatable bonds is 10. The normalized spacial score (nSPS) is 11.3. The van der Waals surface area contributed by atoms with Crippen LogP contribution in [-0.4, -0.2) is 43.8 Å². The molecule has 30 heavy (non-hydrogen) atoms. The van der Waals surface area contributed by atoms with E-state index in [-0.39, 0.29) is 27.6 Å². The summed E-state index contributed by atoms with van der Waals surface area (Å²) in [5.41, 5.74) is 0.343. The maximum absolute atomic E-state index is 12.8. The van der Waals surface area contributed by atoms with E-state index in [1.807, 2.05) is 6.92 Å². The zero-order chi connectivity index (χ0) is 22.3. The van der Waals surface area contributed by atoms with Crippen LogP contribution in [0.2, 0.25) is 0 Å². The Morgan fingerprint density at radius 1 is 1.17 bits per heavy atom. The van der Waals surface area contributed by atoms with E-state index >= 15 is 0 Å². The number of hydrogen-bond acceptors (Lipinski definition) is 6. The number of hydrogen-bond donors (Lipinski definition) is 1. The number of nitro groups is 1. The molecule has 0 aliphatic carbocycles. The van der Waals surface area contributed by atoms with E-state index in [0.717, 1.165) is 12.8 Å². The lowest BCUT2D eigenvalue weighted by Crippen LogP contribution is -2.31. The third kappa shape index (κ3) is 5.33. The number of nitro benzene ring substituents is 1. The molecule has 0 aromatic heterocycles. The van der Waals surface area contributed by atoms with Crippen LogP contribution < -0.4 is 10.1 Å². The first-order valence-electron chi connectivity index (χ1n) is 9.48. The van der Waals surface area contributed by atoms with Crippen molar-refractivity contribution in [3.05, 3.63) is 58.1 Å². The van der Waals surface area contributed by atoms with Gasteiger partial charge in [0, 0.05) is 24.7 Å².